The molecule has 6 N–H and O–H groups in total. The third-order valence-corrected chi connectivity index (χ3v) is 10.5. The number of hydrogen-bond acceptors (Lipinski definition) is 11. The number of nitrogens with two attached hydrogens (primary N) is 2. The number of aromatic nitrogens is 3. The number of hydrogen-bond donors (Lipinski definition) is 4. The van der Waals surface area contributed by atoms with Gasteiger partial charge >= 0.3 is 12.2 Å². The third-order valence-electron chi connectivity index (χ3n) is 9.44. The molecule has 50 heavy (non-hydrogen) atoms. The molecule has 5 aromatic rings. The van der Waals surface area contributed by atoms with Crippen molar-refractivity contribution in [3.05, 3.63) is 58.8 Å². The lowest BCUT2D eigenvalue weighted by Gasteiger charge is -2.31. The first-order valence-corrected chi connectivity index (χ1v) is 16.3. The van der Waals surface area contributed by atoms with E-state index in [1.807, 2.05) is 4.90 Å². The molecule has 0 aliphatic carbocycles. The number of ether oxygens (including phenoxy) is 1. The Balaban J connectivity index is 1.48. The van der Waals surface area contributed by atoms with Crippen LogP contribution in [0.2, 0.25) is 0 Å². The van der Waals surface area contributed by atoms with E-state index in [9.17, 15) is 32.3 Å². The Morgan fingerprint density at radius 2 is 2.00 bits per heavy atom. The zero-order chi connectivity index (χ0) is 35.7. The number of nitrogens with one attached hydrogen (secondary N) is 1. The SMILES string of the molecule is C[C@@H](Nc1nc(OC[C@@]23CCCN2C[C@H](F)C3)nc2c(F)c(-c3ccc(F)c4sc(N)c(C#N)c34)c(C(F)(F)F)c(O)c12)c1cccnc1N. The first-order chi connectivity index (χ1) is 23.7. The number of benzene rings is 2. The minimum Gasteiger partial charge on any atom is -0.506 e. The van der Waals surface area contributed by atoms with Gasteiger partial charge in [-0.3, -0.25) is 4.90 Å². The Kier molecular flexibility index (Phi) is 8.06. The highest BCUT2D eigenvalue weighted by Gasteiger charge is 2.49. The maximum absolute atomic E-state index is 17.0. The molecule has 3 aromatic heterocycles. The standard InChI is InChI=1S/C33H28F6N8O2S/c1-14(16-4-2-8-43-28(16)41)44-30-22-25(45-31(46-30)49-13-32-7-3-9-47(32)12-15(34)10-32)24(36)21(23(26(22)48)33(37,38)39)17-5-6-19(35)27-20(17)18(11-40)29(42)50-27/h2,4-6,8,14-15,48H,3,7,9-10,12-13,42H2,1H3,(H2,41,43)(H,44,45,46)/t14-,15-,32+/m1/s1. The molecule has 0 amide bonds. The van der Waals surface area contributed by atoms with Crippen LogP contribution in [0.15, 0.2) is 30.5 Å². The maximum atomic E-state index is 17.0. The van der Waals surface area contributed by atoms with Gasteiger partial charge in [0.1, 0.15) is 58.1 Å². The highest BCUT2D eigenvalue weighted by atomic mass is 32.1. The molecule has 2 fully saturated rings. The largest absolute Gasteiger partial charge is 0.506 e. The Labute approximate surface area is 284 Å². The molecule has 17 heteroatoms. The van der Waals surface area contributed by atoms with E-state index in [1.54, 1.807) is 25.1 Å². The fourth-order valence-corrected chi connectivity index (χ4v) is 8.18. The van der Waals surface area contributed by atoms with Crippen LogP contribution in [-0.4, -0.2) is 56.4 Å². The number of thiophene rings is 1. The van der Waals surface area contributed by atoms with E-state index in [2.05, 4.69) is 20.3 Å². The first kappa shape index (κ1) is 33.4. The van der Waals surface area contributed by atoms with Crippen LogP contribution in [0.1, 0.15) is 48.9 Å². The third kappa shape index (κ3) is 5.33. The van der Waals surface area contributed by atoms with Gasteiger partial charge in [0.15, 0.2) is 5.82 Å². The average molecular weight is 715 g/mol. The van der Waals surface area contributed by atoms with Gasteiger partial charge in [-0.25, -0.2) is 18.2 Å². The summed E-state index contributed by atoms with van der Waals surface area (Å²) in [4.78, 5) is 14.4. The van der Waals surface area contributed by atoms with Gasteiger partial charge in [0, 0.05) is 35.7 Å². The zero-order valence-corrected chi connectivity index (χ0v) is 27.0. The monoisotopic (exact) mass is 714 g/mol. The van der Waals surface area contributed by atoms with Crippen molar-refractivity contribution in [3.8, 4) is 29.0 Å². The summed E-state index contributed by atoms with van der Waals surface area (Å²) < 4.78 is 97.0. The van der Waals surface area contributed by atoms with Crippen LogP contribution in [0, 0.1) is 23.0 Å². The van der Waals surface area contributed by atoms with Crippen molar-refractivity contribution in [1.29, 1.82) is 5.26 Å². The number of alkyl halides is 4. The van der Waals surface area contributed by atoms with Crippen LogP contribution in [0.3, 0.4) is 0 Å². The molecule has 2 aliphatic heterocycles. The van der Waals surface area contributed by atoms with Crippen LogP contribution in [0.25, 0.3) is 32.1 Å². The zero-order valence-electron chi connectivity index (χ0n) is 26.2. The van der Waals surface area contributed by atoms with Crippen molar-refractivity contribution in [2.45, 2.75) is 50.1 Å². The second-order valence-corrected chi connectivity index (χ2v) is 13.5. The number of anilines is 3. The van der Waals surface area contributed by atoms with Gasteiger partial charge in [-0.15, -0.1) is 11.3 Å². The molecule has 260 valence electrons. The van der Waals surface area contributed by atoms with Crippen molar-refractivity contribution in [2.75, 3.05) is 36.5 Å². The minimum atomic E-state index is -5.38. The average Bonchev–Trinajstić information content (AvgIpc) is 3.70. The normalized spacial score (nSPS) is 19.9. The number of aromatic hydroxyl groups is 1. The first-order valence-electron chi connectivity index (χ1n) is 15.5. The molecule has 5 heterocycles. The number of phenols is 1. The molecular weight excluding hydrogens is 686 g/mol. The van der Waals surface area contributed by atoms with E-state index >= 15 is 4.39 Å². The Morgan fingerprint density at radius 1 is 1.22 bits per heavy atom. The number of nitrogen functional groups attached to an aromatic ring is 2. The number of rotatable bonds is 7. The predicted octanol–water partition coefficient (Wildman–Crippen LogP) is 7.07. The number of nitrogens with zero attached hydrogens (tertiary/aromatic N) is 5. The highest BCUT2D eigenvalue weighted by Crippen LogP contribution is 2.52. The number of phenolic OH excluding ortho intramolecular Hbond substituents is 1. The molecule has 0 radical (unpaired) electrons. The summed E-state index contributed by atoms with van der Waals surface area (Å²) in [5.74, 6) is -4.20. The lowest BCUT2D eigenvalue weighted by Crippen LogP contribution is -2.43. The summed E-state index contributed by atoms with van der Waals surface area (Å²) in [7, 11) is 0. The van der Waals surface area contributed by atoms with Gasteiger partial charge in [0.2, 0.25) is 0 Å². The number of halogens is 6. The molecule has 2 aromatic carbocycles. The predicted molar refractivity (Wildman–Crippen MR) is 175 cm³/mol. The molecule has 0 spiro atoms. The van der Waals surface area contributed by atoms with Crippen LogP contribution >= 0.6 is 11.3 Å². The van der Waals surface area contributed by atoms with Crippen molar-refractivity contribution in [3.63, 3.8) is 0 Å². The molecule has 0 saturated carbocycles. The highest BCUT2D eigenvalue weighted by molar-refractivity contribution is 7.23. The van der Waals surface area contributed by atoms with E-state index < -0.39 is 80.7 Å². The Hall–Kier alpha value is -5.08. The van der Waals surface area contributed by atoms with Crippen molar-refractivity contribution < 1.29 is 36.2 Å². The minimum absolute atomic E-state index is 0.0944. The van der Waals surface area contributed by atoms with Crippen LogP contribution in [0.4, 0.5) is 43.0 Å². The van der Waals surface area contributed by atoms with Crippen LogP contribution < -0.4 is 21.5 Å². The fourth-order valence-electron chi connectivity index (χ4n) is 7.23. The van der Waals surface area contributed by atoms with E-state index in [1.165, 1.54) is 6.20 Å². The van der Waals surface area contributed by atoms with Crippen LogP contribution in [-0.2, 0) is 6.18 Å². The summed E-state index contributed by atoms with van der Waals surface area (Å²) in [6.07, 6.45) is -3.44. The second kappa shape index (κ2) is 12.1. The van der Waals surface area contributed by atoms with Gasteiger partial charge < -0.3 is 26.6 Å². The molecule has 0 unspecified atom stereocenters. The fraction of sp³-hybridized carbons (Fsp3) is 0.333. The van der Waals surface area contributed by atoms with Crippen molar-refractivity contribution in [1.82, 2.24) is 19.9 Å². The lowest BCUT2D eigenvalue weighted by atomic mass is 9.91. The Bertz CT molecular complexity index is 2220. The van der Waals surface area contributed by atoms with E-state index in [0.717, 1.165) is 18.6 Å². The lowest BCUT2D eigenvalue weighted by molar-refractivity contribution is -0.138. The van der Waals surface area contributed by atoms with E-state index in [-0.39, 0.29) is 46.0 Å². The molecule has 10 nitrogen and oxygen atoms in total. The summed E-state index contributed by atoms with van der Waals surface area (Å²) >= 11 is 0.615. The summed E-state index contributed by atoms with van der Waals surface area (Å²) in [5, 5.41) is 22.9. The van der Waals surface area contributed by atoms with Crippen LogP contribution in [0.5, 0.6) is 11.8 Å². The number of fused-ring (bicyclic) bond motifs is 3. The van der Waals surface area contributed by atoms with Gasteiger partial charge in [-0.05, 0) is 44.0 Å². The topological polar surface area (TPSA) is 159 Å². The summed E-state index contributed by atoms with van der Waals surface area (Å²) in [6, 6.07) is 5.42. The van der Waals surface area contributed by atoms with Gasteiger partial charge in [-0.1, -0.05) is 12.1 Å². The van der Waals surface area contributed by atoms with E-state index in [0.29, 0.717) is 29.9 Å². The maximum Gasteiger partial charge on any atom is 0.420 e. The smallest absolute Gasteiger partial charge is 0.420 e. The molecule has 3 atom stereocenters. The van der Waals surface area contributed by atoms with Crippen molar-refractivity contribution >= 4 is 49.0 Å². The molecule has 2 aliphatic rings. The molecule has 7 rings (SSSR count). The van der Waals surface area contributed by atoms with Gasteiger partial charge in [0.25, 0.3) is 0 Å². The van der Waals surface area contributed by atoms with Gasteiger partial charge in [-0.2, -0.15) is 28.4 Å². The molecule has 2 saturated heterocycles. The molecule has 0 bridgehead atoms. The van der Waals surface area contributed by atoms with Crippen molar-refractivity contribution in [2.24, 2.45) is 0 Å². The number of pyridine rings is 1. The number of nitriles is 1. The quantitative estimate of drug-likeness (QED) is 0.128. The summed E-state index contributed by atoms with van der Waals surface area (Å²) in [6.45, 7) is 2.37. The molecular formula is C33H28F6N8O2S. The second-order valence-electron chi connectivity index (χ2n) is 12.4. The summed E-state index contributed by atoms with van der Waals surface area (Å²) in [5.41, 5.74) is 7.04. The van der Waals surface area contributed by atoms with Gasteiger partial charge in [0.05, 0.1) is 27.2 Å². The Morgan fingerprint density at radius 3 is 2.72 bits per heavy atom. The van der Waals surface area contributed by atoms with E-state index in [4.69, 9.17) is 16.2 Å².